The largest absolute Gasteiger partial charge is 0.488 e. The van der Waals surface area contributed by atoms with Crippen LogP contribution in [0.15, 0.2) is 12.1 Å². The quantitative estimate of drug-likeness (QED) is 0.889. The molecule has 2 rings (SSSR count). The second-order valence-corrected chi connectivity index (χ2v) is 5.43. The van der Waals surface area contributed by atoms with Crippen LogP contribution in [0.1, 0.15) is 44.0 Å². The van der Waals surface area contributed by atoms with Crippen molar-refractivity contribution in [2.24, 2.45) is 5.92 Å². The predicted molar refractivity (Wildman–Crippen MR) is 73.8 cm³/mol. The Labute approximate surface area is 110 Å². The van der Waals surface area contributed by atoms with Crippen LogP contribution in [0.2, 0.25) is 0 Å². The minimum absolute atomic E-state index is 0.376. The summed E-state index contributed by atoms with van der Waals surface area (Å²) in [5.74, 6) is 1.81. The standard InChI is InChI=1S/C15H24N2O/c1-11-4-7-13(8-5-11)18-15-9-6-12(2)17-14(15)10-16-3/h6,9,11,13,16H,4-5,7-8,10H2,1-3H3. The molecule has 0 amide bonds. The highest BCUT2D eigenvalue weighted by atomic mass is 16.5. The van der Waals surface area contributed by atoms with E-state index in [1.54, 1.807) is 0 Å². The maximum atomic E-state index is 6.14. The molecule has 0 radical (unpaired) electrons. The van der Waals surface area contributed by atoms with Gasteiger partial charge >= 0.3 is 0 Å². The number of aromatic nitrogens is 1. The number of nitrogens with zero attached hydrogens (tertiary/aromatic N) is 1. The zero-order chi connectivity index (χ0) is 13.0. The van der Waals surface area contributed by atoms with Gasteiger partial charge in [-0.15, -0.1) is 0 Å². The Morgan fingerprint density at radius 3 is 2.67 bits per heavy atom. The highest BCUT2D eigenvalue weighted by Gasteiger charge is 2.20. The van der Waals surface area contributed by atoms with E-state index in [-0.39, 0.29) is 0 Å². The fourth-order valence-electron chi connectivity index (χ4n) is 2.53. The van der Waals surface area contributed by atoms with E-state index in [0.717, 1.165) is 29.6 Å². The third-order valence-electron chi connectivity index (χ3n) is 3.67. The monoisotopic (exact) mass is 248 g/mol. The zero-order valence-electron chi connectivity index (χ0n) is 11.7. The van der Waals surface area contributed by atoms with Crippen molar-refractivity contribution in [1.82, 2.24) is 10.3 Å². The lowest BCUT2D eigenvalue weighted by Gasteiger charge is -2.27. The molecule has 0 aliphatic heterocycles. The number of nitrogens with one attached hydrogen (secondary N) is 1. The molecule has 1 aliphatic carbocycles. The highest BCUT2D eigenvalue weighted by molar-refractivity contribution is 5.29. The molecule has 100 valence electrons. The minimum atomic E-state index is 0.376. The molecule has 3 nitrogen and oxygen atoms in total. The van der Waals surface area contributed by atoms with E-state index in [0.29, 0.717) is 6.10 Å². The molecule has 0 aromatic carbocycles. The Hall–Kier alpha value is -1.09. The molecular weight excluding hydrogens is 224 g/mol. The Balaban J connectivity index is 2.03. The second kappa shape index (κ2) is 6.19. The first kappa shape index (κ1) is 13.3. The van der Waals surface area contributed by atoms with E-state index in [1.165, 1.54) is 25.7 Å². The van der Waals surface area contributed by atoms with Gasteiger partial charge in [-0.25, -0.2) is 0 Å². The number of pyridine rings is 1. The Morgan fingerprint density at radius 2 is 2.00 bits per heavy atom. The third-order valence-corrected chi connectivity index (χ3v) is 3.67. The van der Waals surface area contributed by atoms with Crippen molar-refractivity contribution in [3.05, 3.63) is 23.5 Å². The van der Waals surface area contributed by atoms with Crippen LogP contribution in [-0.2, 0) is 6.54 Å². The van der Waals surface area contributed by atoms with Crippen molar-refractivity contribution in [1.29, 1.82) is 0 Å². The van der Waals surface area contributed by atoms with Crippen LogP contribution in [0.5, 0.6) is 5.75 Å². The summed E-state index contributed by atoms with van der Waals surface area (Å²) in [6.45, 7) is 5.11. The maximum Gasteiger partial charge on any atom is 0.142 e. The number of aryl methyl sites for hydroxylation is 1. The molecule has 1 aromatic heterocycles. The van der Waals surface area contributed by atoms with Gasteiger partial charge in [0.1, 0.15) is 5.75 Å². The van der Waals surface area contributed by atoms with Gasteiger partial charge in [-0.1, -0.05) is 6.92 Å². The number of rotatable bonds is 4. The summed E-state index contributed by atoms with van der Waals surface area (Å²) >= 11 is 0. The molecule has 0 bridgehead atoms. The average molecular weight is 248 g/mol. The minimum Gasteiger partial charge on any atom is -0.488 e. The van der Waals surface area contributed by atoms with Gasteiger partial charge in [0.05, 0.1) is 11.8 Å². The molecular formula is C15H24N2O. The number of hydrogen-bond acceptors (Lipinski definition) is 3. The summed E-state index contributed by atoms with van der Waals surface area (Å²) in [5.41, 5.74) is 2.07. The molecule has 1 heterocycles. The molecule has 1 aromatic rings. The van der Waals surface area contributed by atoms with Crippen molar-refractivity contribution < 1.29 is 4.74 Å². The van der Waals surface area contributed by atoms with Gasteiger partial charge in [-0.05, 0) is 57.7 Å². The molecule has 1 aliphatic rings. The van der Waals surface area contributed by atoms with Gasteiger partial charge in [0.25, 0.3) is 0 Å². The van der Waals surface area contributed by atoms with Crippen LogP contribution >= 0.6 is 0 Å². The lowest BCUT2D eigenvalue weighted by Crippen LogP contribution is -2.24. The van der Waals surface area contributed by atoms with E-state index in [1.807, 2.05) is 20.0 Å². The molecule has 18 heavy (non-hydrogen) atoms. The van der Waals surface area contributed by atoms with Gasteiger partial charge in [-0.3, -0.25) is 4.98 Å². The predicted octanol–water partition coefficient (Wildman–Crippen LogP) is 3.07. The van der Waals surface area contributed by atoms with Crippen molar-refractivity contribution in [2.45, 2.75) is 52.2 Å². The van der Waals surface area contributed by atoms with Crippen LogP contribution in [0, 0.1) is 12.8 Å². The Morgan fingerprint density at radius 1 is 1.28 bits per heavy atom. The van der Waals surface area contributed by atoms with E-state index >= 15 is 0 Å². The molecule has 3 heteroatoms. The first-order chi connectivity index (χ1) is 8.69. The Bertz CT molecular complexity index is 384. The zero-order valence-corrected chi connectivity index (χ0v) is 11.7. The SMILES string of the molecule is CNCc1nc(C)ccc1OC1CCC(C)CC1. The average Bonchev–Trinajstić information content (AvgIpc) is 2.36. The van der Waals surface area contributed by atoms with Gasteiger partial charge in [0.2, 0.25) is 0 Å². The molecule has 1 fully saturated rings. The van der Waals surface area contributed by atoms with Crippen molar-refractivity contribution in [2.75, 3.05) is 7.05 Å². The molecule has 1 saturated carbocycles. The lowest BCUT2D eigenvalue weighted by atomic mass is 9.89. The maximum absolute atomic E-state index is 6.14. The molecule has 0 spiro atoms. The first-order valence-corrected chi connectivity index (χ1v) is 6.97. The van der Waals surface area contributed by atoms with E-state index < -0.39 is 0 Å². The van der Waals surface area contributed by atoms with Crippen LogP contribution in [0.3, 0.4) is 0 Å². The van der Waals surface area contributed by atoms with Crippen molar-refractivity contribution >= 4 is 0 Å². The van der Waals surface area contributed by atoms with Gasteiger partial charge in [0.15, 0.2) is 0 Å². The number of hydrogen-bond donors (Lipinski definition) is 1. The highest BCUT2D eigenvalue weighted by Crippen LogP contribution is 2.28. The summed E-state index contributed by atoms with van der Waals surface area (Å²) < 4.78 is 6.14. The van der Waals surface area contributed by atoms with Crippen LogP contribution < -0.4 is 10.1 Å². The third kappa shape index (κ3) is 3.45. The second-order valence-electron chi connectivity index (χ2n) is 5.43. The van der Waals surface area contributed by atoms with Crippen LogP contribution in [-0.4, -0.2) is 18.1 Å². The van der Waals surface area contributed by atoms with Gasteiger partial charge in [-0.2, -0.15) is 0 Å². The fraction of sp³-hybridized carbons (Fsp3) is 0.667. The van der Waals surface area contributed by atoms with Crippen LogP contribution in [0.4, 0.5) is 0 Å². The summed E-state index contributed by atoms with van der Waals surface area (Å²) in [4.78, 5) is 4.56. The summed E-state index contributed by atoms with van der Waals surface area (Å²) in [6, 6.07) is 4.09. The van der Waals surface area contributed by atoms with Crippen molar-refractivity contribution in [3.63, 3.8) is 0 Å². The molecule has 0 saturated heterocycles. The normalized spacial score (nSPS) is 23.9. The van der Waals surface area contributed by atoms with Crippen LogP contribution in [0.25, 0.3) is 0 Å². The van der Waals surface area contributed by atoms with Gasteiger partial charge in [0, 0.05) is 12.2 Å². The molecule has 1 N–H and O–H groups in total. The molecule has 0 atom stereocenters. The summed E-state index contributed by atoms with van der Waals surface area (Å²) in [6.07, 6.45) is 5.29. The molecule has 0 unspecified atom stereocenters. The summed E-state index contributed by atoms with van der Waals surface area (Å²) in [7, 11) is 1.94. The summed E-state index contributed by atoms with van der Waals surface area (Å²) in [5, 5.41) is 3.15. The number of ether oxygens (including phenoxy) is 1. The van der Waals surface area contributed by atoms with E-state index in [9.17, 15) is 0 Å². The first-order valence-electron chi connectivity index (χ1n) is 6.97. The van der Waals surface area contributed by atoms with E-state index in [4.69, 9.17) is 4.74 Å². The van der Waals surface area contributed by atoms with E-state index in [2.05, 4.69) is 23.3 Å². The topological polar surface area (TPSA) is 34.2 Å². The fourth-order valence-corrected chi connectivity index (χ4v) is 2.53. The van der Waals surface area contributed by atoms with Gasteiger partial charge < -0.3 is 10.1 Å². The Kier molecular flexibility index (Phi) is 4.59. The van der Waals surface area contributed by atoms with Crippen molar-refractivity contribution in [3.8, 4) is 5.75 Å². The smallest absolute Gasteiger partial charge is 0.142 e. The lowest BCUT2D eigenvalue weighted by molar-refractivity contribution is 0.133.